The zero-order valence-electron chi connectivity index (χ0n) is 7.46. The van der Waals surface area contributed by atoms with Gasteiger partial charge in [0.05, 0.1) is 0 Å². The Bertz CT molecular complexity index is 450. The third-order valence-corrected chi connectivity index (χ3v) is 5.08. The van der Waals surface area contributed by atoms with Crippen molar-refractivity contribution in [2.45, 2.75) is 3.26 Å². The predicted octanol–water partition coefficient (Wildman–Crippen LogP) is -0.00690. The summed E-state index contributed by atoms with van der Waals surface area (Å²) in [6.07, 6.45) is 0. The molecule has 0 aromatic heterocycles. The fourth-order valence-electron chi connectivity index (χ4n) is 0.795. The first-order chi connectivity index (χ1) is 6.93. The topological polar surface area (TPSA) is 86.5 Å². The van der Waals surface area contributed by atoms with Crippen LogP contribution in [-0.2, 0) is 14.9 Å². The van der Waals surface area contributed by atoms with Gasteiger partial charge >= 0.3 is 39.7 Å². The van der Waals surface area contributed by atoms with Gasteiger partial charge < -0.3 is 9.92 Å². The fraction of sp³-hybridized carbons (Fsp3) is 0.125. The average molecular weight is 365 g/mol. The van der Waals surface area contributed by atoms with Crippen molar-refractivity contribution >= 4 is 68.2 Å². The van der Waals surface area contributed by atoms with Crippen molar-refractivity contribution in [3.8, 4) is 5.75 Å². The summed E-state index contributed by atoms with van der Waals surface area (Å²) in [6.45, 7) is 0. The van der Waals surface area contributed by atoms with E-state index in [0.717, 1.165) is 0 Å². The van der Waals surface area contributed by atoms with E-state index in [2.05, 4.69) is 4.18 Å². The van der Waals surface area contributed by atoms with Crippen LogP contribution in [0.25, 0.3) is 0 Å². The molecule has 1 amide bonds. The number of nitrogens with two attached hydrogens (primary N) is 1. The van der Waals surface area contributed by atoms with Crippen LogP contribution < -0.4 is 9.92 Å². The standard InChI is InChI=1S/C8H8INO4S.Na.H/c9-7(8(10)11)15(12,13)14-6-4-2-1-3-5-6;;/h1-5,7H,(H2,10,11);;. The molecule has 1 aromatic rings. The second-order valence-electron chi connectivity index (χ2n) is 2.61. The molecule has 1 aromatic carbocycles. The fourth-order valence-corrected chi connectivity index (χ4v) is 1.85. The number of amides is 1. The second-order valence-corrected chi connectivity index (χ2v) is 6.32. The van der Waals surface area contributed by atoms with Crippen molar-refractivity contribution in [3.05, 3.63) is 30.3 Å². The van der Waals surface area contributed by atoms with Crippen molar-refractivity contribution in [2.24, 2.45) is 5.73 Å². The molecule has 0 bridgehead atoms. The molecular weight excluding hydrogens is 356 g/mol. The summed E-state index contributed by atoms with van der Waals surface area (Å²) < 4.78 is 26.1. The Hall–Kier alpha value is 0.170. The summed E-state index contributed by atoms with van der Waals surface area (Å²) >= 11 is 1.41. The molecule has 0 fully saturated rings. The number of benzene rings is 1. The van der Waals surface area contributed by atoms with Crippen molar-refractivity contribution in [1.29, 1.82) is 0 Å². The summed E-state index contributed by atoms with van der Waals surface area (Å²) in [7, 11) is -4.00. The third-order valence-electron chi connectivity index (χ3n) is 1.43. The zero-order valence-corrected chi connectivity index (χ0v) is 10.4. The number of halogens is 1. The van der Waals surface area contributed by atoms with Gasteiger partial charge in [-0.2, -0.15) is 8.42 Å². The van der Waals surface area contributed by atoms with Crippen molar-refractivity contribution in [1.82, 2.24) is 0 Å². The first kappa shape index (κ1) is 16.2. The molecule has 1 rings (SSSR count). The number of carbonyl (C=O) groups is 1. The number of para-hydroxylation sites is 1. The van der Waals surface area contributed by atoms with E-state index >= 15 is 0 Å². The van der Waals surface area contributed by atoms with Gasteiger partial charge in [-0.25, -0.2) is 0 Å². The van der Waals surface area contributed by atoms with Crippen molar-refractivity contribution in [2.75, 3.05) is 0 Å². The van der Waals surface area contributed by atoms with Gasteiger partial charge in [-0.05, 0) is 12.1 Å². The molecule has 16 heavy (non-hydrogen) atoms. The monoisotopic (exact) mass is 365 g/mol. The van der Waals surface area contributed by atoms with E-state index in [-0.39, 0.29) is 35.3 Å². The summed E-state index contributed by atoms with van der Waals surface area (Å²) in [6, 6.07) is 7.91. The Morgan fingerprint density at radius 3 is 2.25 bits per heavy atom. The molecular formula is C8H9INNaO4S. The van der Waals surface area contributed by atoms with Gasteiger partial charge in [-0.3, -0.25) is 4.79 Å². The Morgan fingerprint density at radius 2 is 1.81 bits per heavy atom. The van der Waals surface area contributed by atoms with Gasteiger partial charge in [0.15, 0.2) is 0 Å². The Morgan fingerprint density at radius 1 is 1.31 bits per heavy atom. The molecule has 1 unspecified atom stereocenters. The molecule has 0 aliphatic carbocycles. The van der Waals surface area contributed by atoms with E-state index < -0.39 is 19.3 Å². The quantitative estimate of drug-likeness (QED) is 0.352. The molecule has 5 nitrogen and oxygen atoms in total. The van der Waals surface area contributed by atoms with E-state index in [4.69, 9.17) is 5.73 Å². The SMILES string of the molecule is NC(=O)C(I)S(=O)(=O)Oc1ccccc1.[NaH]. The van der Waals surface area contributed by atoms with E-state index in [9.17, 15) is 13.2 Å². The van der Waals surface area contributed by atoms with Crippen molar-refractivity contribution < 1.29 is 17.4 Å². The van der Waals surface area contributed by atoms with Crippen LogP contribution in [0, 0.1) is 0 Å². The van der Waals surface area contributed by atoms with Gasteiger partial charge in [0.25, 0.3) is 0 Å². The first-order valence-corrected chi connectivity index (χ1v) is 6.57. The summed E-state index contributed by atoms with van der Waals surface area (Å²) in [4.78, 5) is 10.7. The Labute approximate surface area is 129 Å². The number of hydrogen-bond acceptors (Lipinski definition) is 4. The number of rotatable bonds is 4. The number of hydrogen-bond donors (Lipinski definition) is 1. The van der Waals surface area contributed by atoms with Crippen LogP contribution in [0.15, 0.2) is 30.3 Å². The third kappa shape index (κ3) is 4.58. The Balaban J connectivity index is 0.00000225. The van der Waals surface area contributed by atoms with Crippen LogP contribution >= 0.6 is 22.6 Å². The minimum absolute atomic E-state index is 0. The number of primary amides is 1. The van der Waals surface area contributed by atoms with E-state index in [0.29, 0.717) is 0 Å². The van der Waals surface area contributed by atoms with Gasteiger partial charge in [-0.15, -0.1) is 0 Å². The molecule has 0 saturated carbocycles. The van der Waals surface area contributed by atoms with Gasteiger partial charge in [0, 0.05) is 0 Å². The zero-order chi connectivity index (χ0) is 11.5. The molecule has 0 saturated heterocycles. The normalized spacial score (nSPS) is 12.3. The molecule has 0 radical (unpaired) electrons. The number of alkyl halides is 1. The molecule has 0 aliphatic heterocycles. The molecule has 0 aliphatic rings. The number of carbonyl (C=O) groups excluding carboxylic acids is 1. The first-order valence-electron chi connectivity index (χ1n) is 3.85. The molecule has 8 heteroatoms. The van der Waals surface area contributed by atoms with Crippen LogP contribution in [0.3, 0.4) is 0 Å². The van der Waals surface area contributed by atoms with Crippen molar-refractivity contribution in [3.63, 3.8) is 0 Å². The second kappa shape index (κ2) is 6.80. The summed E-state index contributed by atoms with van der Waals surface area (Å²) in [5.41, 5.74) is 4.87. The van der Waals surface area contributed by atoms with Crippen LogP contribution in [-0.4, -0.2) is 47.1 Å². The Kier molecular flexibility index (Phi) is 6.87. The van der Waals surface area contributed by atoms with Crippen LogP contribution in [0.5, 0.6) is 5.75 Å². The molecule has 1 atom stereocenters. The predicted molar refractivity (Wildman–Crippen MR) is 70.1 cm³/mol. The minimum atomic E-state index is -4.00. The summed E-state index contributed by atoms with van der Waals surface area (Å²) in [5, 5.41) is 0. The molecule has 2 N–H and O–H groups in total. The van der Waals surface area contributed by atoms with E-state index in [1.54, 1.807) is 18.2 Å². The van der Waals surface area contributed by atoms with Crippen LogP contribution in [0.1, 0.15) is 0 Å². The molecule has 0 heterocycles. The van der Waals surface area contributed by atoms with Gasteiger partial charge in [0.1, 0.15) is 5.75 Å². The van der Waals surface area contributed by atoms with Gasteiger partial charge in [-0.1, -0.05) is 40.8 Å². The average Bonchev–Trinajstić information content (AvgIpc) is 2.17. The maximum absolute atomic E-state index is 11.4. The molecule has 0 spiro atoms. The van der Waals surface area contributed by atoms with E-state index in [1.165, 1.54) is 34.7 Å². The molecule has 84 valence electrons. The van der Waals surface area contributed by atoms with Crippen LogP contribution in [0.4, 0.5) is 0 Å². The van der Waals surface area contributed by atoms with Gasteiger partial charge in [0.2, 0.25) is 9.16 Å². The van der Waals surface area contributed by atoms with E-state index in [1.807, 2.05) is 0 Å². The van der Waals surface area contributed by atoms with Crippen LogP contribution in [0.2, 0.25) is 0 Å². The maximum atomic E-state index is 11.4. The summed E-state index contributed by atoms with van der Waals surface area (Å²) in [5.74, 6) is -0.799.